The second-order valence-corrected chi connectivity index (χ2v) is 7.14. The molecule has 0 spiro atoms. The minimum Gasteiger partial charge on any atom is -0.477 e. The van der Waals surface area contributed by atoms with E-state index in [1.807, 2.05) is 17.5 Å². The number of rotatable bonds is 4. The van der Waals surface area contributed by atoms with E-state index >= 15 is 0 Å². The summed E-state index contributed by atoms with van der Waals surface area (Å²) in [5, 5.41) is 21.6. The largest absolute Gasteiger partial charge is 0.477 e. The predicted octanol–water partition coefficient (Wildman–Crippen LogP) is 3.83. The number of allylic oxidation sites excluding steroid dienone is 1. The zero-order chi connectivity index (χ0) is 19.0. The highest BCUT2D eigenvalue weighted by atomic mass is 35.5. The number of halogens is 1. The van der Waals surface area contributed by atoms with E-state index in [9.17, 15) is 14.7 Å². The molecule has 1 aliphatic heterocycles. The van der Waals surface area contributed by atoms with Crippen molar-refractivity contribution in [3.05, 3.63) is 75.2 Å². The van der Waals surface area contributed by atoms with Crippen LogP contribution in [-0.4, -0.2) is 26.8 Å². The Bertz CT molecular complexity index is 1060. The SMILES string of the molecule is O=C(O)C1=C[C@@H](c2cccs2)n2ncc(C(=O)Nc3ccccc3Cl)c2N1. The Morgan fingerprint density at radius 3 is 2.78 bits per heavy atom. The van der Waals surface area contributed by atoms with Crippen molar-refractivity contribution in [3.8, 4) is 0 Å². The van der Waals surface area contributed by atoms with Crippen LogP contribution < -0.4 is 10.6 Å². The number of hydrogen-bond acceptors (Lipinski definition) is 5. The first kappa shape index (κ1) is 17.3. The molecule has 0 saturated heterocycles. The van der Waals surface area contributed by atoms with Gasteiger partial charge in [0.25, 0.3) is 5.91 Å². The summed E-state index contributed by atoms with van der Waals surface area (Å²) < 4.78 is 1.60. The smallest absolute Gasteiger partial charge is 0.352 e. The molecule has 3 heterocycles. The van der Waals surface area contributed by atoms with Crippen LogP contribution in [0.15, 0.2) is 59.7 Å². The first-order chi connectivity index (χ1) is 13.0. The zero-order valence-corrected chi connectivity index (χ0v) is 15.3. The number of amides is 1. The number of thiophene rings is 1. The number of aromatic nitrogens is 2. The molecule has 1 aromatic carbocycles. The number of carboxylic acid groups (broad SMARTS) is 1. The van der Waals surface area contributed by atoms with E-state index in [0.717, 1.165) is 4.88 Å². The highest BCUT2D eigenvalue weighted by molar-refractivity contribution is 7.10. The molecule has 9 heteroatoms. The van der Waals surface area contributed by atoms with Crippen molar-refractivity contribution in [2.24, 2.45) is 0 Å². The molecule has 2 aromatic heterocycles. The minimum atomic E-state index is -1.11. The van der Waals surface area contributed by atoms with Crippen molar-refractivity contribution in [2.45, 2.75) is 6.04 Å². The molecule has 27 heavy (non-hydrogen) atoms. The summed E-state index contributed by atoms with van der Waals surface area (Å²) in [5.41, 5.74) is 0.681. The Kier molecular flexibility index (Phi) is 4.43. The van der Waals surface area contributed by atoms with E-state index in [4.69, 9.17) is 11.6 Å². The van der Waals surface area contributed by atoms with E-state index in [1.165, 1.54) is 17.5 Å². The van der Waals surface area contributed by atoms with Crippen molar-refractivity contribution in [2.75, 3.05) is 10.6 Å². The lowest BCUT2D eigenvalue weighted by Gasteiger charge is -2.23. The highest BCUT2D eigenvalue weighted by Gasteiger charge is 2.30. The number of fused-ring (bicyclic) bond motifs is 1. The summed E-state index contributed by atoms with van der Waals surface area (Å²) in [6.07, 6.45) is 2.98. The number of carbonyl (C=O) groups excluding carboxylic acids is 1. The molecule has 3 N–H and O–H groups in total. The van der Waals surface area contributed by atoms with Gasteiger partial charge < -0.3 is 15.7 Å². The maximum Gasteiger partial charge on any atom is 0.352 e. The molecule has 7 nitrogen and oxygen atoms in total. The number of aliphatic carboxylic acids is 1. The van der Waals surface area contributed by atoms with E-state index in [2.05, 4.69) is 15.7 Å². The second-order valence-electron chi connectivity index (χ2n) is 5.76. The number of carboxylic acids is 1. The topological polar surface area (TPSA) is 96.2 Å². The maximum absolute atomic E-state index is 12.7. The van der Waals surface area contributed by atoms with Gasteiger partial charge in [-0.05, 0) is 29.7 Å². The number of nitrogens with one attached hydrogen (secondary N) is 2. The van der Waals surface area contributed by atoms with Crippen LogP contribution in [0.25, 0.3) is 0 Å². The van der Waals surface area contributed by atoms with Crippen LogP contribution >= 0.6 is 22.9 Å². The fourth-order valence-corrected chi connectivity index (χ4v) is 3.76. The van der Waals surface area contributed by atoms with Crippen LogP contribution in [0.5, 0.6) is 0 Å². The molecule has 3 aromatic rings. The fourth-order valence-electron chi connectivity index (χ4n) is 2.80. The lowest BCUT2D eigenvalue weighted by atomic mass is 10.1. The Balaban J connectivity index is 1.72. The summed E-state index contributed by atoms with van der Waals surface area (Å²) >= 11 is 7.58. The van der Waals surface area contributed by atoms with Crippen LogP contribution in [0, 0.1) is 0 Å². The van der Waals surface area contributed by atoms with E-state index in [1.54, 1.807) is 35.0 Å². The molecule has 4 rings (SSSR count). The van der Waals surface area contributed by atoms with Gasteiger partial charge in [-0.15, -0.1) is 11.3 Å². The Labute approximate surface area is 162 Å². The number of benzene rings is 1. The lowest BCUT2D eigenvalue weighted by molar-refractivity contribution is -0.132. The fraction of sp³-hybridized carbons (Fsp3) is 0.0556. The number of nitrogens with zero attached hydrogens (tertiary/aromatic N) is 2. The van der Waals surface area contributed by atoms with E-state index in [0.29, 0.717) is 16.5 Å². The van der Waals surface area contributed by atoms with Gasteiger partial charge in [0, 0.05) is 4.88 Å². The highest BCUT2D eigenvalue weighted by Crippen LogP contribution is 2.34. The molecule has 0 radical (unpaired) electrons. The van der Waals surface area contributed by atoms with Crippen molar-refractivity contribution in [1.29, 1.82) is 0 Å². The molecule has 1 atom stereocenters. The zero-order valence-electron chi connectivity index (χ0n) is 13.7. The van der Waals surface area contributed by atoms with Crippen LogP contribution in [0.2, 0.25) is 5.02 Å². The first-order valence-corrected chi connectivity index (χ1v) is 9.19. The molecule has 0 bridgehead atoms. The molecular formula is C18H13ClN4O3S. The van der Waals surface area contributed by atoms with Gasteiger partial charge in [0.1, 0.15) is 23.1 Å². The third-order valence-corrected chi connectivity index (χ3v) is 5.34. The molecule has 0 aliphatic carbocycles. The molecule has 136 valence electrons. The molecule has 0 saturated carbocycles. The molecule has 0 fully saturated rings. The van der Waals surface area contributed by atoms with Gasteiger partial charge in [-0.2, -0.15) is 5.10 Å². The number of carbonyl (C=O) groups is 2. The van der Waals surface area contributed by atoms with Gasteiger partial charge in [0.05, 0.1) is 16.9 Å². The standard InChI is InChI=1S/C18H13ClN4O3S/c19-11-4-1-2-5-12(11)22-17(24)10-9-20-23-14(15-6-3-7-27-15)8-13(18(25)26)21-16(10)23/h1-9,14,21H,(H,22,24)(H,25,26)/t14-/m0/s1. The van der Waals surface area contributed by atoms with Gasteiger partial charge in [-0.25, -0.2) is 9.48 Å². The third kappa shape index (κ3) is 3.20. The number of hydrogen-bond donors (Lipinski definition) is 3. The molecule has 1 amide bonds. The Hall–Kier alpha value is -3.10. The minimum absolute atomic E-state index is 0.00630. The summed E-state index contributed by atoms with van der Waals surface area (Å²) in [7, 11) is 0. The maximum atomic E-state index is 12.7. The van der Waals surface area contributed by atoms with Gasteiger partial charge in [-0.3, -0.25) is 4.79 Å². The monoisotopic (exact) mass is 400 g/mol. The van der Waals surface area contributed by atoms with E-state index < -0.39 is 17.9 Å². The molecular weight excluding hydrogens is 388 g/mol. The van der Waals surface area contributed by atoms with Crippen LogP contribution in [-0.2, 0) is 4.79 Å². The van der Waals surface area contributed by atoms with Gasteiger partial charge in [0.15, 0.2) is 0 Å². The summed E-state index contributed by atoms with van der Waals surface area (Å²) in [6.45, 7) is 0. The van der Waals surface area contributed by atoms with E-state index in [-0.39, 0.29) is 11.3 Å². The Morgan fingerprint density at radius 2 is 2.07 bits per heavy atom. The number of anilines is 2. The average molecular weight is 401 g/mol. The van der Waals surface area contributed by atoms with Crippen molar-refractivity contribution in [1.82, 2.24) is 9.78 Å². The first-order valence-electron chi connectivity index (χ1n) is 7.93. The van der Waals surface area contributed by atoms with Gasteiger partial charge in [0.2, 0.25) is 0 Å². The van der Waals surface area contributed by atoms with Crippen LogP contribution in [0.4, 0.5) is 11.5 Å². The van der Waals surface area contributed by atoms with Gasteiger partial charge >= 0.3 is 5.97 Å². The lowest BCUT2D eigenvalue weighted by Crippen LogP contribution is -2.25. The van der Waals surface area contributed by atoms with Crippen molar-refractivity contribution < 1.29 is 14.7 Å². The quantitative estimate of drug-likeness (QED) is 0.618. The van der Waals surface area contributed by atoms with Crippen LogP contribution in [0.3, 0.4) is 0 Å². The van der Waals surface area contributed by atoms with Crippen molar-refractivity contribution >= 4 is 46.3 Å². The molecule has 0 unspecified atom stereocenters. The summed E-state index contributed by atoms with van der Waals surface area (Å²) in [4.78, 5) is 25.2. The second kappa shape index (κ2) is 6.90. The molecule has 1 aliphatic rings. The van der Waals surface area contributed by atoms with Crippen LogP contribution in [0.1, 0.15) is 21.3 Å². The predicted molar refractivity (Wildman–Crippen MR) is 103 cm³/mol. The Morgan fingerprint density at radius 1 is 1.26 bits per heavy atom. The normalized spacial score (nSPS) is 15.4. The summed E-state index contributed by atoms with van der Waals surface area (Å²) in [5.74, 6) is -1.23. The summed E-state index contributed by atoms with van der Waals surface area (Å²) in [6, 6.07) is 10.2. The van der Waals surface area contributed by atoms with Crippen molar-refractivity contribution in [3.63, 3.8) is 0 Å². The number of para-hydroxylation sites is 1. The average Bonchev–Trinajstić information content (AvgIpc) is 3.32. The third-order valence-electron chi connectivity index (χ3n) is 4.07. The van der Waals surface area contributed by atoms with Gasteiger partial charge in [-0.1, -0.05) is 29.8 Å².